The molecule has 0 bridgehead atoms. The molecule has 0 saturated heterocycles. The zero-order valence-corrected chi connectivity index (χ0v) is 21.6. The van der Waals surface area contributed by atoms with E-state index >= 15 is 0 Å². The Hall–Kier alpha value is -3.79. The van der Waals surface area contributed by atoms with Gasteiger partial charge in [0, 0.05) is 12.8 Å². The van der Waals surface area contributed by atoms with Gasteiger partial charge < -0.3 is 47.4 Å². The van der Waals surface area contributed by atoms with Gasteiger partial charge in [0.15, 0.2) is 0 Å². The summed E-state index contributed by atoms with van der Waals surface area (Å²) in [6, 6.07) is -6.96. The molecule has 0 aliphatic rings. The van der Waals surface area contributed by atoms with Crippen LogP contribution in [0.3, 0.4) is 0 Å². The van der Waals surface area contributed by atoms with Crippen molar-refractivity contribution in [1.29, 1.82) is 0 Å². The molecule has 0 aromatic heterocycles. The first-order valence-corrected chi connectivity index (χ1v) is 11.8. The Labute approximate surface area is 218 Å². The molecule has 0 saturated carbocycles. The number of aliphatic carboxylic acids is 3. The van der Waals surface area contributed by atoms with Gasteiger partial charge in [0.1, 0.15) is 24.2 Å². The van der Waals surface area contributed by atoms with Gasteiger partial charge in [-0.05, 0) is 32.6 Å². The van der Waals surface area contributed by atoms with Gasteiger partial charge in [-0.2, -0.15) is 0 Å². The van der Waals surface area contributed by atoms with Gasteiger partial charge in [-0.15, -0.1) is 0 Å². The number of carbonyl (C=O) groups is 7. The minimum absolute atomic E-state index is 0.241. The van der Waals surface area contributed by atoms with Gasteiger partial charge >= 0.3 is 17.9 Å². The maximum Gasteiger partial charge on any atom is 0.325 e. The SMILES string of the molecule is CC(NC(=O)C(NC(=O)C(NC(=O)C(CCC(=O)O)NC(=O)C(N)CCC(=O)O)C(C)C)C(C)O)C(=O)O. The average Bonchev–Trinajstić information content (AvgIpc) is 2.80. The highest BCUT2D eigenvalue weighted by Gasteiger charge is 2.34. The fourth-order valence-electron chi connectivity index (χ4n) is 3.03. The predicted octanol–water partition coefficient (Wildman–Crippen LogP) is -2.88. The first-order chi connectivity index (χ1) is 17.5. The highest BCUT2D eigenvalue weighted by atomic mass is 16.4. The van der Waals surface area contributed by atoms with E-state index in [1.807, 2.05) is 0 Å². The summed E-state index contributed by atoms with van der Waals surface area (Å²) in [5.74, 6) is -8.16. The van der Waals surface area contributed by atoms with E-state index in [2.05, 4.69) is 21.3 Å². The summed E-state index contributed by atoms with van der Waals surface area (Å²) in [5, 5.41) is 45.7. The maximum atomic E-state index is 12.9. The van der Waals surface area contributed by atoms with Crippen LogP contribution in [0.4, 0.5) is 0 Å². The molecule has 38 heavy (non-hydrogen) atoms. The molecule has 0 rings (SSSR count). The Morgan fingerprint density at radius 1 is 0.658 bits per heavy atom. The van der Waals surface area contributed by atoms with Crippen LogP contribution in [0.15, 0.2) is 0 Å². The molecule has 16 heteroatoms. The molecule has 6 atom stereocenters. The first kappa shape index (κ1) is 34.2. The Kier molecular flexibility index (Phi) is 14.5. The molecular formula is C22H37N5O11. The van der Waals surface area contributed by atoms with Gasteiger partial charge in [0.05, 0.1) is 12.1 Å². The molecule has 10 N–H and O–H groups in total. The quantitative estimate of drug-likeness (QED) is 0.0888. The Balaban J connectivity index is 5.63. The number of rotatable bonds is 17. The summed E-state index contributed by atoms with van der Waals surface area (Å²) in [6.45, 7) is 5.45. The minimum atomic E-state index is -1.57. The van der Waals surface area contributed by atoms with Gasteiger partial charge in [-0.1, -0.05) is 13.8 Å². The molecule has 0 aliphatic heterocycles. The molecule has 16 nitrogen and oxygen atoms in total. The second kappa shape index (κ2) is 16.1. The lowest BCUT2D eigenvalue weighted by Gasteiger charge is -2.28. The van der Waals surface area contributed by atoms with Crippen molar-refractivity contribution in [2.75, 3.05) is 0 Å². The number of carboxylic acids is 3. The highest BCUT2D eigenvalue weighted by Crippen LogP contribution is 2.07. The molecule has 0 fully saturated rings. The lowest BCUT2D eigenvalue weighted by molar-refractivity contribution is -0.142. The normalized spacial score (nSPS) is 15.7. The average molecular weight is 548 g/mol. The van der Waals surface area contributed by atoms with Crippen LogP contribution in [0.2, 0.25) is 0 Å². The van der Waals surface area contributed by atoms with Crippen LogP contribution in [0, 0.1) is 5.92 Å². The number of aliphatic hydroxyl groups excluding tert-OH is 1. The summed E-state index contributed by atoms with van der Waals surface area (Å²) in [5.41, 5.74) is 5.65. The van der Waals surface area contributed by atoms with Gasteiger partial charge in [-0.25, -0.2) is 0 Å². The zero-order chi connectivity index (χ0) is 29.7. The van der Waals surface area contributed by atoms with Crippen LogP contribution < -0.4 is 27.0 Å². The van der Waals surface area contributed by atoms with E-state index in [-0.39, 0.29) is 12.8 Å². The second-order valence-electron chi connectivity index (χ2n) is 9.06. The van der Waals surface area contributed by atoms with Crippen molar-refractivity contribution in [3.05, 3.63) is 0 Å². The van der Waals surface area contributed by atoms with Crippen molar-refractivity contribution in [2.24, 2.45) is 11.7 Å². The van der Waals surface area contributed by atoms with Crippen LogP contribution in [-0.4, -0.2) is 98.3 Å². The molecule has 0 spiro atoms. The smallest absolute Gasteiger partial charge is 0.325 e. The standard InChI is InChI=1S/C22H37N5O11/c1-9(2)16(20(35)27-17(11(4)28)21(36)24-10(3)22(37)38)26-19(34)13(6-8-15(31)32)25-18(33)12(23)5-7-14(29)30/h9-13,16-17,28H,5-8,23H2,1-4H3,(H,24,36)(H,25,33)(H,26,34)(H,27,35)(H,29,30)(H,31,32)(H,37,38). The van der Waals surface area contributed by atoms with Gasteiger partial charge in [0.2, 0.25) is 23.6 Å². The van der Waals surface area contributed by atoms with Crippen LogP contribution in [0.25, 0.3) is 0 Å². The van der Waals surface area contributed by atoms with Crippen molar-refractivity contribution in [3.63, 3.8) is 0 Å². The van der Waals surface area contributed by atoms with Crippen LogP contribution in [0.1, 0.15) is 53.4 Å². The Bertz CT molecular complexity index is 893. The molecular weight excluding hydrogens is 510 g/mol. The lowest BCUT2D eigenvalue weighted by Crippen LogP contribution is -2.61. The number of aliphatic hydroxyl groups is 1. The fourth-order valence-corrected chi connectivity index (χ4v) is 3.03. The number of amides is 4. The van der Waals surface area contributed by atoms with E-state index < -0.39 is 96.6 Å². The number of nitrogens with two attached hydrogens (primary N) is 1. The number of carboxylic acid groups (broad SMARTS) is 3. The van der Waals surface area contributed by atoms with E-state index in [1.54, 1.807) is 13.8 Å². The molecule has 216 valence electrons. The fraction of sp³-hybridized carbons (Fsp3) is 0.682. The van der Waals surface area contributed by atoms with Crippen molar-refractivity contribution >= 4 is 41.5 Å². The third kappa shape index (κ3) is 12.4. The number of hydrogen-bond donors (Lipinski definition) is 9. The number of hydrogen-bond acceptors (Lipinski definition) is 9. The second-order valence-corrected chi connectivity index (χ2v) is 9.06. The zero-order valence-electron chi connectivity index (χ0n) is 21.6. The van der Waals surface area contributed by atoms with Crippen LogP contribution in [0.5, 0.6) is 0 Å². The molecule has 4 amide bonds. The van der Waals surface area contributed by atoms with E-state index in [9.17, 15) is 38.7 Å². The predicted molar refractivity (Wildman–Crippen MR) is 129 cm³/mol. The van der Waals surface area contributed by atoms with E-state index in [0.29, 0.717) is 0 Å². The number of carbonyl (C=O) groups excluding carboxylic acids is 4. The van der Waals surface area contributed by atoms with E-state index in [4.69, 9.17) is 21.1 Å². The van der Waals surface area contributed by atoms with E-state index in [0.717, 1.165) is 0 Å². The summed E-state index contributed by atoms with van der Waals surface area (Å²) in [6.07, 6.45) is -3.02. The van der Waals surface area contributed by atoms with Crippen molar-refractivity contribution in [2.45, 2.75) is 89.7 Å². The first-order valence-electron chi connectivity index (χ1n) is 11.8. The number of nitrogens with one attached hydrogen (secondary N) is 4. The molecule has 0 aromatic rings. The summed E-state index contributed by atoms with van der Waals surface area (Å²) >= 11 is 0. The van der Waals surface area contributed by atoms with Gasteiger partial charge in [-0.3, -0.25) is 33.6 Å². The summed E-state index contributed by atoms with van der Waals surface area (Å²) in [7, 11) is 0. The molecule has 0 heterocycles. The van der Waals surface area contributed by atoms with Crippen LogP contribution in [-0.2, 0) is 33.6 Å². The van der Waals surface area contributed by atoms with Crippen LogP contribution >= 0.6 is 0 Å². The summed E-state index contributed by atoms with van der Waals surface area (Å²) in [4.78, 5) is 83.4. The topological polar surface area (TPSA) is 275 Å². The largest absolute Gasteiger partial charge is 0.481 e. The molecule has 0 radical (unpaired) electrons. The third-order valence-corrected chi connectivity index (χ3v) is 5.32. The lowest BCUT2D eigenvalue weighted by atomic mass is 10.0. The Morgan fingerprint density at radius 3 is 1.58 bits per heavy atom. The molecule has 6 unspecified atom stereocenters. The van der Waals surface area contributed by atoms with Crippen molar-refractivity contribution in [3.8, 4) is 0 Å². The monoisotopic (exact) mass is 547 g/mol. The Morgan fingerprint density at radius 2 is 1.13 bits per heavy atom. The van der Waals surface area contributed by atoms with Gasteiger partial charge in [0.25, 0.3) is 0 Å². The van der Waals surface area contributed by atoms with E-state index in [1.165, 1.54) is 13.8 Å². The van der Waals surface area contributed by atoms with Crippen molar-refractivity contribution < 1.29 is 54.0 Å². The third-order valence-electron chi connectivity index (χ3n) is 5.32. The van der Waals surface area contributed by atoms with Crippen molar-refractivity contribution in [1.82, 2.24) is 21.3 Å². The molecule has 0 aromatic carbocycles. The maximum absolute atomic E-state index is 12.9. The molecule has 0 aliphatic carbocycles. The summed E-state index contributed by atoms with van der Waals surface area (Å²) < 4.78 is 0. The minimum Gasteiger partial charge on any atom is -0.481 e. The highest BCUT2D eigenvalue weighted by molar-refractivity contribution is 5.95.